The summed E-state index contributed by atoms with van der Waals surface area (Å²) < 4.78 is 0. The lowest BCUT2D eigenvalue weighted by Crippen LogP contribution is -2.31. The van der Waals surface area contributed by atoms with Gasteiger partial charge in [0.25, 0.3) is 0 Å². The van der Waals surface area contributed by atoms with Crippen molar-refractivity contribution in [3.63, 3.8) is 0 Å². The smallest absolute Gasteiger partial charge is 0.0525 e. The molecule has 0 radical (unpaired) electrons. The highest BCUT2D eigenvalue weighted by molar-refractivity contribution is 6.41. The zero-order valence-corrected chi connectivity index (χ0v) is 18.3. The van der Waals surface area contributed by atoms with Crippen molar-refractivity contribution in [2.24, 2.45) is 20.0 Å². The molecule has 0 atom stereocenters. The SMILES string of the molecule is CC1=NCCNCCNCCN=C(C)C(C)=NCCNCCNCCN=C1C. The van der Waals surface area contributed by atoms with E-state index in [4.69, 9.17) is 0 Å². The first-order valence-corrected chi connectivity index (χ1v) is 10.5. The predicted molar refractivity (Wildman–Crippen MR) is 123 cm³/mol. The summed E-state index contributed by atoms with van der Waals surface area (Å²) in [6, 6.07) is 0. The summed E-state index contributed by atoms with van der Waals surface area (Å²) >= 11 is 0. The van der Waals surface area contributed by atoms with Crippen LogP contribution in [0.4, 0.5) is 0 Å². The Hall–Kier alpha value is -1.48. The lowest BCUT2D eigenvalue weighted by Gasteiger charge is -2.07. The molecule has 0 fully saturated rings. The van der Waals surface area contributed by atoms with Crippen LogP contribution in [0.2, 0.25) is 0 Å². The van der Waals surface area contributed by atoms with Crippen LogP contribution >= 0.6 is 0 Å². The Morgan fingerprint density at radius 3 is 0.821 bits per heavy atom. The molecular weight excluding hydrogens is 352 g/mol. The Kier molecular flexibility index (Phi) is 14.4. The molecule has 0 saturated carbocycles. The van der Waals surface area contributed by atoms with Gasteiger partial charge in [0.15, 0.2) is 0 Å². The van der Waals surface area contributed by atoms with Gasteiger partial charge in [-0.25, -0.2) is 0 Å². The van der Waals surface area contributed by atoms with Crippen molar-refractivity contribution in [2.45, 2.75) is 27.7 Å². The van der Waals surface area contributed by atoms with Crippen LogP contribution in [0.1, 0.15) is 27.7 Å². The molecule has 0 saturated heterocycles. The maximum absolute atomic E-state index is 4.60. The first kappa shape index (κ1) is 24.6. The molecule has 0 spiro atoms. The Morgan fingerprint density at radius 2 is 0.607 bits per heavy atom. The van der Waals surface area contributed by atoms with Gasteiger partial charge in [-0.2, -0.15) is 0 Å². The molecule has 0 aliphatic carbocycles. The maximum atomic E-state index is 4.60. The van der Waals surface area contributed by atoms with Gasteiger partial charge >= 0.3 is 0 Å². The zero-order valence-electron chi connectivity index (χ0n) is 18.3. The lowest BCUT2D eigenvalue weighted by atomic mass is 10.3. The minimum absolute atomic E-state index is 0.782. The van der Waals surface area contributed by atoms with Crippen molar-refractivity contribution in [1.82, 2.24) is 21.3 Å². The standard InChI is InChI=1S/C20H40N8/c1-17-18(2)26-14-10-22-7-8-24-12-16-28-20(4)19(3)27-15-11-23-6-5-21-9-13-25-17/h21-24H,5-16H2,1-4H3. The van der Waals surface area contributed by atoms with Gasteiger partial charge in [0.1, 0.15) is 0 Å². The second-order valence-electron chi connectivity index (χ2n) is 6.87. The fourth-order valence-corrected chi connectivity index (χ4v) is 2.52. The molecule has 4 N–H and O–H groups in total. The summed E-state index contributed by atoms with van der Waals surface area (Å²) in [5.74, 6) is 0. The minimum atomic E-state index is 0.782. The largest absolute Gasteiger partial charge is 0.314 e. The third-order valence-corrected chi connectivity index (χ3v) is 4.55. The number of hydrogen-bond donors (Lipinski definition) is 4. The summed E-state index contributed by atoms with van der Waals surface area (Å²) in [7, 11) is 0. The van der Waals surface area contributed by atoms with Crippen LogP contribution in [0.25, 0.3) is 0 Å². The maximum Gasteiger partial charge on any atom is 0.0525 e. The van der Waals surface area contributed by atoms with E-state index >= 15 is 0 Å². The van der Waals surface area contributed by atoms with E-state index in [0.717, 1.165) is 101 Å². The van der Waals surface area contributed by atoms with Gasteiger partial charge in [-0.05, 0) is 27.7 Å². The van der Waals surface area contributed by atoms with Gasteiger partial charge in [0.05, 0.1) is 49.0 Å². The van der Waals surface area contributed by atoms with Gasteiger partial charge in [0, 0.05) is 52.4 Å². The predicted octanol–water partition coefficient (Wildman–Crippen LogP) is 0.202. The highest BCUT2D eigenvalue weighted by Crippen LogP contribution is 1.87. The van der Waals surface area contributed by atoms with E-state index in [1.165, 1.54) is 0 Å². The summed E-state index contributed by atoms with van der Waals surface area (Å²) in [6.45, 7) is 18.5. The molecule has 0 bridgehead atoms. The molecule has 28 heavy (non-hydrogen) atoms. The fraction of sp³-hybridized carbons (Fsp3) is 0.800. The van der Waals surface area contributed by atoms with E-state index in [2.05, 4.69) is 41.2 Å². The van der Waals surface area contributed by atoms with Crippen LogP contribution in [0.5, 0.6) is 0 Å². The van der Waals surface area contributed by atoms with E-state index < -0.39 is 0 Å². The van der Waals surface area contributed by atoms with Crippen LogP contribution in [0.15, 0.2) is 20.0 Å². The van der Waals surface area contributed by atoms with Crippen molar-refractivity contribution in [2.75, 3.05) is 78.5 Å². The number of rotatable bonds is 0. The molecule has 0 aromatic heterocycles. The minimum Gasteiger partial charge on any atom is -0.314 e. The Morgan fingerprint density at radius 1 is 0.393 bits per heavy atom. The summed E-state index contributed by atoms with van der Waals surface area (Å²) in [5.41, 5.74) is 4.11. The molecule has 1 aliphatic rings. The van der Waals surface area contributed by atoms with Crippen LogP contribution < -0.4 is 21.3 Å². The third-order valence-electron chi connectivity index (χ3n) is 4.55. The molecule has 0 amide bonds. The highest BCUT2D eigenvalue weighted by atomic mass is 15.0. The monoisotopic (exact) mass is 392 g/mol. The van der Waals surface area contributed by atoms with Gasteiger partial charge < -0.3 is 21.3 Å². The Labute approximate surface area is 170 Å². The van der Waals surface area contributed by atoms with Gasteiger partial charge in [-0.3, -0.25) is 20.0 Å². The van der Waals surface area contributed by atoms with Gasteiger partial charge in [-0.15, -0.1) is 0 Å². The molecule has 0 unspecified atom stereocenters. The number of aliphatic imine (C=N–C) groups is 4. The average Bonchev–Trinajstić information content (AvgIpc) is 2.69. The van der Waals surface area contributed by atoms with Crippen molar-refractivity contribution in [1.29, 1.82) is 0 Å². The number of hydrogen-bond acceptors (Lipinski definition) is 8. The molecule has 0 aromatic carbocycles. The van der Waals surface area contributed by atoms with Crippen LogP contribution in [-0.2, 0) is 0 Å². The number of nitrogens with one attached hydrogen (secondary N) is 4. The van der Waals surface area contributed by atoms with Crippen molar-refractivity contribution in [3.8, 4) is 0 Å². The Bertz CT molecular complexity index is 440. The molecule has 160 valence electrons. The third kappa shape index (κ3) is 12.8. The zero-order chi connectivity index (χ0) is 20.5. The highest BCUT2D eigenvalue weighted by Gasteiger charge is 1.98. The van der Waals surface area contributed by atoms with Gasteiger partial charge in [-0.1, -0.05) is 0 Å². The van der Waals surface area contributed by atoms with E-state index in [-0.39, 0.29) is 0 Å². The molecule has 0 aromatic rings. The van der Waals surface area contributed by atoms with Crippen molar-refractivity contribution >= 4 is 22.8 Å². The molecule has 8 nitrogen and oxygen atoms in total. The summed E-state index contributed by atoms with van der Waals surface area (Å²) in [5, 5.41) is 13.6. The normalized spacial score (nSPS) is 21.6. The van der Waals surface area contributed by atoms with E-state index in [1.807, 2.05) is 27.7 Å². The van der Waals surface area contributed by atoms with Crippen molar-refractivity contribution < 1.29 is 0 Å². The summed E-state index contributed by atoms with van der Waals surface area (Å²) in [4.78, 5) is 18.4. The second-order valence-corrected chi connectivity index (χ2v) is 6.87. The van der Waals surface area contributed by atoms with Crippen LogP contribution in [0.3, 0.4) is 0 Å². The first-order chi connectivity index (χ1) is 13.6. The molecule has 8 heteroatoms. The summed E-state index contributed by atoms with van der Waals surface area (Å²) in [6.07, 6.45) is 0. The molecule has 1 heterocycles. The van der Waals surface area contributed by atoms with Crippen molar-refractivity contribution in [3.05, 3.63) is 0 Å². The van der Waals surface area contributed by atoms with E-state index in [1.54, 1.807) is 0 Å². The van der Waals surface area contributed by atoms with E-state index in [0.29, 0.717) is 0 Å². The van der Waals surface area contributed by atoms with Crippen LogP contribution in [0, 0.1) is 0 Å². The average molecular weight is 393 g/mol. The fourth-order valence-electron chi connectivity index (χ4n) is 2.52. The Balaban J connectivity index is 2.46. The van der Waals surface area contributed by atoms with Crippen LogP contribution in [-0.4, -0.2) is 101 Å². The first-order valence-electron chi connectivity index (χ1n) is 10.5. The number of nitrogens with zero attached hydrogens (tertiary/aromatic N) is 4. The second kappa shape index (κ2) is 16.5. The van der Waals surface area contributed by atoms with E-state index in [9.17, 15) is 0 Å². The topological polar surface area (TPSA) is 97.6 Å². The molecule has 1 aliphatic heterocycles. The molecular formula is C20H40N8. The molecule has 1 rings (SSSR count). The lowest BCUT2D eigenvalue weighted by molar-refractivity contribution is 0.618. The van der Waals surface area contributed by atoms with Gasteiger partial charge in [0.2, 0.25) is 0 Å². The quantitative estimate of drug-likeness (QED) is 0.473.